The fraction of sp³-hybridized carbons (Fsp3) is 0.300. The first kappa shape index (κ1) is 8.40. The van der Waals surface area contributed by atoms with Crippen molar-refractivity contribution in [3.63, 3.8) is 0 Å². The van der Waals surface area contributed by atoms with Crippen LogP contribution in [0.5, 0.6) is 0 Å². The molecular weight excluding hydrogens is 192 g/mol. The Morgan fingerprint density at radius 3 is 3.40 bits per heavy atom. The standard InChI is InChI=1S/C10H11N4O/c1-7-2-3-9-10(14(7)15)12-5-8-4-11-6-13(8)9/h2-5,7,12H,6H2,1H3/q+1. The largest absolute Gasteiger partial charge is 0.342 e. The summed E-state index contributed by atoms with van der Waals surface area (Å²) in [7, 11) is 0. The van der Waals surface area contributed by atoms with Gasteiger partial charge in [0, 0.05) is 0 Å². The van der Waals surface area contributed by atoms with Crippen LogP contribution in [-0.2, 0) is 0 Å². The molecule has 0 radical (unpaired) electrons. The molecule has 0 spiro atoms. The predicted octanol–water partition coefficient (Wildman–Crippen LogP) is 0.681. The molecule has 1 unspecified atom stereocenters. The van der Waals surface area contributed by atoms with Crippen LogP contribution in [0.4, 0.5) is 0 Å². The summed E-state index contributed by atoms with van der Waals surface area (Å²) in [5.74, 6) is 0.610. The summed E-state index contributed by atoms with van der Waals surface area (Å²) in [4.78, 5) is 18.0. The first-order valence-electron chi connectivity index (χ1n) is 4.90. The molecule has 0 saturated heterocycles. The lowest BCUT2D eigenvalue weighted by Gasteiger charge is -2.25. The molecule has 0 fully saturated rings. The van der Waals surface area contributed by atoms with Crippen LogP contribution in [0.15, 0.2) is 40.6 Å². The zero-order chi connectivity index (χ0) is 10.4. The number of nitroso groups, excluding NO2 is 1. The molecule has 15 heavy (non-hydrogen) atoms. The molecule has 5 heteroatoms. The molecule has 0 aliphatic carbocycles. The number of nitrogens with one attached hydrogen (secondary N) is 1. The monoisotopic (exact) mass is 203 g/mol. The summed E-state index contributed by atoms with van der Waals surface area (Å²) in [5, 5.41) is 3.02. The molecule has 0 saturated carbocycles. The molecule has 1 atom stereocenters. The summed E-state index contributed by atoms with van der Waals surface area (Å²) in [6.07, 6.45) is 7.49. The molecule has 0 bridgehead atoms. The molecule has 0 aromatic heterocycles. The van der Waals surface area contributed by atoms with Crippen LogP contribution in [0.3, 0.4) is 0 Å². The number of hydrogen-bond donors (Lipinski definition) is 1. The van der Waals surface area contributed by atoms with E-state index in [0.29, 0.717) is 12.5 Å². The van der Waals surface area contributed by atoms with Crippen molar-refractivity contribution < 1.29 is 4.76 Å². The van der Waals surface area contributed by atoms with E-state index < -0.39 is 0 Å². The van der Waals surface area contributed by atoms with E-state index in [1.165, 1.54) is 0 Å². The van der Waals surface area contributed by atoms with E-state index >= 15 is 0 Å². The van der Waals surface area contributed by atoms with Crippen molar-refractivity contribution in [3.8, 4) is 0 Å². The van der Waals surface area contributed by atoms with Crippen LogP contribution in [-0.4, -0.2) is 28.6 Å². The highest BCUT2D eigenvalue weighted by Crippen LogP contribution is 2.26. The van der Waals surface area contributed by atoms with Gasteiger partial charge in [-0.3, -0.25) is 4.99 Å². The quantitative estimate of drug-likeness (QED) is 0.589. The van der Waals surface area contributed by atoms with E-state index in [2.05, 4.69) is 10.3 Å². The summed E-state index contributed by atoms with van der Waals surface area (Å²) in [6, 6.07) is -0.116. The number of fused-ring (bicyclic) bond motifs is 2. The molecule has 3 aliphatic heterocycles. The Balaban J connectivity index is 2.05. The van der Waals surface area contributed by atoms with Crippen LogP contribution in [0.2, 0.25) is 0 Å². The van der Waals surface area contributed by atoms with Crippen molar-refractivity contribution >= 4 is 6.21 Å². The van der Waals surface area contributed by atoms with Crippen LogP contribution < -0.4 is 5.32 Å². The molecule has 3 aliphatic rings. The Morgan fingerprint density at radius 1 is 1.67 bits per heavy atom. The lowest BCUT2D eigenvalue weighted by atomic mass is 10.1. The smallest absolute Gasteiger partial charge is 0.310 e. The average Bonchev–Trinajstić information content (AvgIpc) is 2.71. The van der Waals surface area contributed by atoms with Crippen LogP contribution in [0, 0.1) is 4.91 Å². The van der Waals surface area contributed by atoms with E-state index in [-0.39, 0.29) is 6.04 Å². The first-order chi connectivity index (χ1) is 7.27. The third-order valence-corrected chi connectivity index (χ3v) is 2.77. The van der Waals surface area contributed by atoms with E-state index in [0.717, 1.165) is 16.2 Å². The van der Waals surface area contributed by atoms with Gasteiger partial charge in [0.1, 0.15) is 24.3 Å². The predicted molar refractivity (Wildman–Crippen MR) is 55.7 cm³/mol. The molecule has 1 N–H and O–H groups in total. The zero-order valence-corrected chi connectivity index (χ0v) is 8.34. The fourth-order valence-corrected chi connectivity index (χ4v) is 1.90. The van der Waals surface area contributed by atoms with E-state index in [1.807, 2.05) is 30.2 Å². The maximum absolute atomic E-state index is 11.8. The van der Waals surface area contributed by atoms with Gasteiger partial charge in [-0.25, -0.2) is 5.32 Å². The highest BCUT2D eigenvalue weighted by Gasteiger charge is 2.35. The Kier molecular flexibility index (Phi) is 1.56. The Morgan fingerprint density at radius 2 is 2.53 bits per heavy atom. The molecule has 0 aromatic carbocycles. The van der Waals surface area contributed by atoms with Gasteiger partial charge in [0.05, 0.1) is 6.21 Å². The molecule has 0 aromatic rings. The molecule has 3 rings (SSSR count). The number of rotatable bonds is 0. The number of allylic oxidation sites excluding steroid dienone is 2. The molecule has 0 amide bonds. The normalized spacial score (nSPS) is 27.5. The summed E-state index contributed by atoms with van der Waals surface area (Å²) < 4.78 is 0.987. The topological polar surface area (TPSA) is 47.7 Å². The Hall–Kier alpha value is -1.91. The average molecular weight is 203 g/mol. The second-order valence-corrected chi connectivity index (χ2v) is 3.75. The maximum Gasteiger partial charge on any atom is 0.342 e. The van der Waals surface area contributed by atoms with Crippen LogP contribution >= 0.6 is 0 Å². The van der Waals surface area contributed by atoms with Crippen molar-refractivity contribution in [3.05, 3.63) is 40.5 Å². The first-order valence-corrected chi connectivity index (χ1v) is 4.90. The number of hydrogen-bond acceptors (Lipinski definition) is 4. The maximum atomic E-state index is 11.8. The van der Waals surface area contributed by atoms with Gasteiger partial charge in [-0.15, -0.1) is 0 Å². The highest BCUT2D eigenvalue weighted by atomic mass is 16.3. The summed E-state index contributed by atoms with van der Waals surface area (Å²) in [5.41, 5.74) is 1.90. The van der Waals surface area contributed by atoms with Gasteiger partial charge >= 0.3 is 5.82 Å². The SMILES string of the molecule is CC1C=CC2=C(NC=C3C=NCN32)[N+]1=O. The fourth-order valence-electron chi connectivity index (χ4n) is 1.90. The second kappa shape index (κ2) is 2.79. The van der Waals surface area contributed by atoms with Crippen molar-refractivity contribution in [1.82, 2.24) is 10.2 Å². The third-order valence-electron chi connectivity index (χ3n) is 2.77. The van der Waals surface area contributed by atoms with Gasteiger partial charge in [0.25, 0.3) is 0 Å². The van der Waals surface area contributed by atoms with Crippen LogP contribution in [0.1, 0.15) is 6.92 Å². The minimum absolute atomic E-state index is 0.116. The number of aliphatic imine (C=N–C) groups is 1. The molecule has 3 heterocycles. The van der Waals surface area contributed by atoms with Gasteiger partial charge in [0.15, 0.2) is 6.04 Å². The van der Waals surface area contributed by atoms with Crippen molar-refractivity contribution in [2.24, 2.45) is 4.99 Å². The highest BCUT2D eigenvalue weighted by molar-refractivity contribution is 5.81. The van der Waals surface area contributed by atoms with E-state index in [4.69, 9.17) is 0 Å². The molecule has 76 valence electrons. The Bertz CT molecular complexity index is 458. The van der Waals surface area contributed by atoms with Crippen molar-refractivity contribution in [1.29, 1.82) is 0 Å². The second-order valence-electron chi connectivity index (χ2n) is 3.75. The van der Waals surface area contributed by atoms with Gasteiger partial charge < -0.3 is 4.90 Å². The van der Waals surface area contributed by atoms with Crippen molar-refractivity contribution in [2.75, 3.05) is 6.67 Å². The lowest BCUT2D eigenvalue weighted by molar-refractivity contribution is -0.531. The van der Waals surface area contributed by atoms with Gasteiger partial charge in [-0.2, -0.15) is 0 Å². The summed E-state index contributed by atoms with van der Waals surface area (Å²) in [6.45, 7) is 2.47. The van der Waals surface area contributed by atoms with E-state index in [9.17, 15) is 4.91 Å². The molecule has 5 nitrogen and oxygen atoms in total. The van der Waals surface area contributed by atoms with Gasteiger partial charge in [-0.1, -0.05) is 4.91 Å². The third kappa shape index (κ3) is 1.06. The minimum atomic E-state index is -0.116. The van der Waals surface area contributed by atoms with Gasteiger partial charge in [0.2, 0.25) is 0 Å². The van der Waals surface area contributed by atoms with Crippen molar-refractivity contribution in [2.45, 2.75) is 13.0 Å². The van der Waals surface area contributed by atoms with Gasteiger partial charge in [-0.05, 0) is 23.8 Å². The van der Waals surface area contributed by atoms with E-state index in [1.54, 1.807) is 6.21 Å². The summed E-state index contributed by atoms with van der Waals surface area (Å²) >= 11 is 0. The molecular formula is C10H11N4O+. The number of nitrogens with zero attached hydrogens (tertiary/aromatic N) is 3. The zero-order valence-electron chi connectivity index (χ0n) is 8.34. The lowest BCUT2D eigenvalue weighted by Crippen LogP contribution is -2.37. The Labute approximate surface area is 87.0 Å². The van der Waals surface area contributed by atoms with Crippen LogP contribution in [0.25, 0.3) is 0 Å². The minimum Gasteiger partial charge on any atom is -0.310 e.